The molecule has 0 bridgehead atoms. The zero-order valence-corrected chi connectivity index (χ0v) is 5.35. The van der Waals surface area contributed by atoms with Crippen LogP contribution in [-0.2, 0) is 4.74 Å². The lowest BCUT2D eigenvalue weighted by atomic mass is 10.4. The van der Waals surface area contributed by atoms with Gasteiger partial charge in [0.2, 0.25) is 0 Å². The maximum Gasteiger partial charge on any atom is 0.178 e. The summed E-state index contributed by atoms with van der Waals surface area (Å²) in [7, 11) is 1.51. The molecule has 0 saturated carbocycles. The number of rotatable bonds is 1. The molecule has 2 nitrogen and oxygen atoms in total. The van der Waals surface area contributed by atoms with E-state index in [0.717, 1.165) is 0 Å². The quantitative estimate of drug-likeness (QED) is 0.481. The second-order valence-corrected chi connectivity index (χ2v) is 1.31. The zero-order valence-electron chi connectivity index (χ0n) is 5.35. The van der Waals surface area contributed by atoms with Crippen LogP contribution >= 0.6 is 0 Å². The Balaban J connectivity index is 3.72. The van der Waals surface area contributed by atoms with Gasteiger partial charge in [-0.25, -0.2) is 0 Å². The van der Waals surface area contributed by atoms with E-state index in [1.165, 1.54) is 7.11 Å². The van der Waals surface area contributed by atoms with Crippen molar-refractivity contribution in [1.82, 2.24) is 0 Å². The summed E-state index contributed by atoms with van der Waals surface area (Å²) >= 11 is 0. The van der Waals surface area contributed by atoms with Gasteiger partial charge in [-0.2, -0.15) is 0 Å². The molecule has 0 fully saturated rings. The molecule has 48 valence electrons. The predicted octanol–water partition coefficient (Wildman–Crippen LogP) is -0.403. The molecule has 0 rings (SSSR count). The third kappa shape index (κ3) is 3.61. The lowest BCUT2D eigenvalue weighted by molar-refractivity contribution is 0.191. The van der Waals surface area contributed by atoms with Crippen LogP contribution in [-0.4, -0.2) is 19.8 Å². The van der Waals surface area contributed by atoms with Gasteiger partial charge in [0.05, 0.1) is 6.54 Å². The van der Waals surface area contributed by atoms with Gasteiger partial charge >= 0.3 is 0 Å². The van der Waals surface area contributed by atoms with Gasteiger partial charge in [-0.3, -0.25) is 0 Å². The summed E-state index contributed by atoms with van der Waals surface area (Å²) in [6, 6.07) is 0. The van der Waals surface area contributed by atoms with Crippen LogP contribution in [0.2, 0.25) is 0 Å². The third-order valence-electron chi connectivity index (χ3n) is 0.722. The van der Waals surface area contributed by atoms with Gasteiger partial charge in [-0.15, -0.1) is 6.42 Å². The van der Waals surface area contributed by atoms with Crippen LogP contribution in [0.4, 0.5) is 0 Å². The van der Waals surface area contributed by atoms with E-state index >= 15 is 0 Å². The maximum atomic E-state index is 5.09. The molecule has 2 N–H and O–H groups in total. The van der Waals surface area contributed by atoms with Gasteiger partial charge < -0.3 is 10.5 Å². The summed E-state index contributed by atoms with van der Waals surface area (Å²) in [6.07, 6.45) is 4.60. The molecule has 9 heavy (non-hydrogen) atoms. The SMILES string of the molecule is C#CC(C#CCN)OC. The van der Waals surface area contributed by atoms with Crippen LogP contribution in [0.1, 0.15) is 0 Å². The van der Waals surface area contributed by atoms with Crippen molar-refractivity contribution in [3.63, 3.8) is 0 Å². The highest BCUT2D eigenvalue weighted by Crippen LogP contribution is 1.80. The molecule has 0 aliphatic carbocycles. The monoisotopic (exact) mass is 123 g/mol. The normalized spacial score (nSPS) is 10.8. The highest BCUT2D eigenvalue weighted by atomic mass is 16.5. The molecule has 1 unspecified atom stereocenters. The molecule has 0 saturated heterocycles. The van der Waals surface area contributed by atoms with Gasteiger partial charge in [0.15, 0.2) is 6.10 Å². The van der Waals surface area contributed by atoms with E-state index in [4.69, 9.17) is 16.9 Å². The molecule has 0 amide bonds. The molecular formula is C7H9NO. The van der Waals surface area contributed by atoms with Crippen LogP contribution in [0.5, 0.6) is 0 Å². The minimum Gasteiger partial charge on any atom is -0.357 e. The summed E-state index contributed by atoms with van der Waals surface area (Å²) in [4.78, 5) is 0. The van der Waals surface area contributed by atoms with Crippen molar-refractivity contribution in [2.24, 2.45) is 5.73 Å². The Morgan fingerprint density at radius 1 is 1.78 bits per heavy atom. The van der Waals surface area contributed by atoms with E-state index in [2.05, 4.69) is 17.8 Å². The van der Waals surface area contributed by atoms with Crippen LogP contribution in [0, 0.1) is 24.2 Å². The minimum atomic E-state index is -0.409. The minimum absolute atomic E-state index is 0.321. The van der Waals surface area contributed by atoms with Crippen molar-refractivity contribution in [3.8, 4) is 24.2 Å². The van der Waals surface area contributed by atoms with Crippen molar-refractivity contribution in [2.45, 2.75) is 6.10 Å². The number of terminal acetylenes is 1. The van der Waals surface area contributed by atoms with Crippen molar-refractivity contribution < 1.29 is 4.74 Å². The number of hydrogen-bond acceptors (Lipinski definition) is 2. The second-order valence-electron chi connectivity index (χ2n) is 1.31. The molecule has 0 aromatic carbocycles. The van der Waals surface area contributed by atoms with E-state index in [9.17, 15) is 0 Å². The number of methoxy groups -OCH3 is 1. The van der Waals surface area contributed by atoms with Gasteiger partial charge in [0.1, 0.15) is 0 Å². The summed E-state index contributed by atoms with van der Waals surface area (Å²) < 4.78 is 4.74. The smallest absolute Gasteiger partial charge is 0.178 e. The van der Waals surface area contributed by atoms with Crippen LogP contribution in [0.25, 0.3) is 0 Å². The van der Waals surface area contributed by atoms with Crippen LogP contribution in [0.3, 0.4) is 0 Å². The largest absolute Gasteiger partial charge is 0.357 e. The fourth-order valence-corrected chi connectivity index (χ4v) is 0.320. The lowest BCUT2D eigenvalue weighted by Crippen LogP contribution is -2.04. The molecule has 0 spiro atoms. The Hall–Kier alpha value is -0.960. The van der Waals surface area contributed by atoms with Gasteiger partial charge in [-0.05, 0) is 0 Å². The Morgan fingerprint density at radius 3 is 2.78 bits per heavy atom. The molecule has 0 aromatic rings. The lowest BCUT2D eigenvalue weighted by Gasteiger charge is -1.95. The van der Waals surface area contributed by atoms with Crippen LogP contribution < -0.4 is 5.73 Å². The Kier molecular flexibility index (Phi) is 4.63. The highest BCUT2D eigenvalue weighted by molar-refractivity contribution is 5.17. The molecule has 0 radical (unpaired) electrons. The molecule has 0 aliphatic rings. The Morgan fingerprint density at radius 2 is 2.44 bits per heavy atom. The Bertz CT molecular complexity index is 158. The van der Waals surface area contributed by atoms with E-state index in [0.29, 0.717) is 6.54 Å². The number of hydrogen-bond donors (Lipinski definition) is 1. The fraction of sp³-hybridized carbons (Fsp3) is 0.429. The average Bonchev–Trinajstić information content (AvgIpc) is 1.91. The highest BCUT2D eigenvalue weighted by Gasteiger charge is 1.91. The van der Waals surface area contributed by atoms with Gasteiger partial charge in [-0.1, -0.05) is 17.8 Å². The first-order valence-corrected chi connectivity index (χ1v) is 2.52. The zero-order chi connectivity index (χ0) is 7.11. The predicted molar refractivity (Wildman–Crippen MR) is 36.5 cm³/mol. The topological polar surface area (TPSA) is 35.2 Å². The second kappa shape index (κ2) is 5.18. The first-order valence-electron chi connectivity index (χ1n) is 2.52. The van der Waals surface area contributed by atoms with Gasteiger partial charge in [0.25, 0.3) is 0 Å². The van der Waals surface area contributed by atoms with E-state index in [-0.39, 0.29) is 0 Å². The summed E-state index contributed by atoms with van der Waals surface area (Å²) in [6.45, 7) is 0.321. The molecule has 0 aromatic heterocycles. The van der Waals surface area contributed by atoms with Crippen molar-refractivity contribution in [3.05, 3.63) is 0 Å². The van der Waals surface area contributed by atoms with Gasteiger partial charge in [0, 0.05) is 7.11 Å². The Labute approximate surface area is 55.4 Å². The van der Waals surface area contributed by atoms with Crippen molar-refractivity contribution in [2.75, 3.05) is 13.7 Å². The summed E-state index contributed by atoms with van der Waals surface area (Å²) in [5, 5.41) is 0. The van der Waals surface area contributed by atoms with E-state index in [1.807, 2.05) is 0 Å². The molecule has 0 aliphatic heterocycles. The van der Waals surface area contributed by atoms with Crippen molar-refractivity contribution >= 4 is 0 Å². The fourth-order valence-electron chi connectivity index (χ4n) is 0.320. The molecule has 0 heterocycles. The first-order chi connectivity index (χ1) is 4.35. The average molecular weight is 123 g/mol. The van der Waals surface area contributed by atoms with E-state index in [1.54, 1.807) is 0 Å². The first kappa shape index (κ1) is 8.04. The summed E-state index contributed by atoms with van der Waals surface area (Å²) in [5.41, 5.74) is 5.09. The standard InChI is InChI=1S/C7H9NO/c1-3-7(9-2)5-4-6-8/h1,7H,6,8H2,2H3. The third-order valence-corrected chi connectivity index (χ3v) is 0.722. The molecule has 2 heteroatoms. The maximum absolute atomic E-state index is 5.09. The number of nitrogens with two attached hydrogens (primary N) is 1. The summed E-state index contributed by atoms with van der Waals surface area (Å²) in [5.74, 6) is 7.58. The van der Waals surface area contributed by atoms with E-state index < -0.39 is 6.10 Å². The molecule has 1 atom stereocenters. The van der Waals surface area contributed by atoms with Crippen LogP contribution in [0.15, 0.2) is 0 Å². The molecular weight excluding hydrogens is 114 g/mol. The van der Waals surface area contributed by atoms with Crippen molar-refractivity contribution in [1.29, 1.82) is 0 Å². The number of ether oxygens (including phenoxy) is 1.